The van der Waals surface area contributed by atoms with Crippen molar-refractivity contribution in [2.45, 2.75) is 12.8 Å². The smallest absolute Gasteiger partial charge is 0.395 e. The van der Waals surface area contributed by atoms with Crippen LogP contribution < -0.4 is 15.1 Å². The molecular weight excluding hydrogens is 328 g/mol. The summed E-state index contributed by atoms with van der Waals surface area (Å²) in [6, 6.07) is 2.39. The van der Waals surface area contributed by atoms with Gasteiger partial charge in [-0.3, -0.25) is 14.9 Å². The average Bonchev–Trinajstić information content (AvgIpc) is 3.26. The second kappa shape index (κ2) is 6.75. The number of carbonyl (C=O) groups is 1. The van der Waals surface area contributed by atoms with Crippen molar-refractivity contribution < 1.29 is 14.1 Å². The van der Waals surface area contributed by atoms with Crippen LogP contribution in [-0.2, 0) is 0 Å². The van der Waals surface area contributed by atoms with Crippen LogP contribution in [-0.4, -0.2) is 48.0 Å². The number of furan rings is 1. The molecule has 0 bridgehead atoms. The molecule has 0 aromatic carbocycles. The molecular formula is C15H18N6O4. The lowest BCUT2D eigenvalue weighted by Crippen LogP contribution is -2.23. The Hall–Kier alpha value is -3.17. The molecule has 25 heavy (non-hydrogen) atoms. The first-order chi connectivity index (χ1) is 12.0. The van der Waals surface area contributed by atoms with Gasteiger partial charge in [0.15, 0.2) is 11.6 Å². The Kier molecular flexibility index (Phi) is 4.50. The first-order valence-corrected chi connectivity index (χ1v) is 7.80. The van der Waals surface area contributed by atoms with Crippen molar-refractivity contribution in [2.24, 2.45) is 0 Å². The summed E-state index contributed by atoms with van der Waals surface area (Å²) in [7, 11) is 3.62. The van der Waals surface area contributed by atoms with Gasteiger partial charge in [-0.05, 0) is 18.9 Å². The van der Waals surface area contributed by atoms with E-state index in [1.54, 1.807) is 4.90 Å². The van der Waals surface area contributed by atoms with Crippen molar-refractivity contribution in [3.63, 3.8) is 0 Å². The molecule has 0 radical (unpaired) electrons. The van der Waals surface area contributed by atoms with Crippen LogP contribution in [0, 0.1) is 10.1 Å². The lowest BCUT2D eigenvalue weighted by molar-refractivity contribution is -0.402. The molecule has 1 aliphatic heterocycles. The van der Waals surface area contributed by atoms with Crippen LogP contribution in [0.25, 0.3) is 0 Å². The molecule has 1 amide bonds. The summed E-state index contributed by atoms with van der Waals surface area (Å²) < 4.78 is 4.91. The van der Waals surface area contributed by atoms with Crippen LogP contribution in [0.4, 0.5) is 23.3 Å². The van der Waals surface area contributed by atoms with E-state index in [4.69, 9.17) is 4.42 Å². The van der Waals surface area contributed by atoms with Crippen molar-refractivity contribution in [3.8, 4) is 0 Å². The molecule has 3 heterocycles. The quantitative estimate of drug-likeness (QED) is 0.644. The molecule has 3 rings (SSSR count). The largest absolute Gasteiger partial charge is 0.433 e. The van der Waals surface area contributed by atoms with Gasteiger partial charge in [-0.15, -0.1) is 0 Å². The fraction of sp³-hybridized carbons (Fsp3) is 0.400. The van der Waals surface area contributed by atoms with Crippen molar-refractivity contribution in [2.75, 3.05) is 42.3 Å². The molecule has 0 unspecified atom stereocenters. The van der Waals surface area contributed by atoms with E-state index in [2.05, 4.69) is 20.2 Å². The van der Waals surface area contributed by atoms with Crippen molar-refractivity contribution in [3.05, 3.63) is 34.2 Å². The molecule has 0 aliphatic carbocycles. The third kappa shape index (κ3) is 3.52. The molecule has 2 aromatic rings. The molecule has 132 valence electrons. The van der Waals surface area contributed by atoms with Gasteiger partial charge in [0.2, 0.25) is 5.95 Å². The van der Waals surface area contributed by atoms with E-state index in [-0.39, 0.29) is 5.76 Å². The maximum Gasteiger partial charge on any atom is 0.433 e. The molecule has 10 heteroatoms. The third-order valence-electron chi connectivity index (χ3n) is 3.81. The third-order valence-corrected chi connectivity index (χ3v) is 3.81. The number of anilines is 3. The number of carbonyl (C=O) groups excluding carboxylic acids is 1. The van der Waals surface area contributed by atoms with Crippen molar-refractivity contribution >= 4 is 29.2 Å². The molecule has 0 saturated carbocycles. The summed E-state index contributed by atoms with van der Waals surface area (Å²) >= 11 is 0. The van der Waals surface area contributed by atoms with Gasteiger partial charge < -0.3 is 19.5 Å². The fourth-order valence-electron chi connectivity index (χ4n) is 2.59. The number of amides is 1. The second-order valence-electron chi connectivity index (χ2n) is 5.84. The first-order valence-electron chi connectivity index (χ1n) is 7.80. The lowest BCUT2D eigenvalue weighted by atomic mass is 10.3. The average molecular weight is 346 g/mol. The summed E-state index contributed by atoms with van der Waals surface area (Å²) in [6.07, 6.45) is 3.75. The molecule has 0 atom stereocenters. The van der Waals surface area contributed by atoms with Gasteiger partial charge in [0, 0.05) is 27.2 Å². The zero-order chi connectivity index (χ0) is 18.0. The maximum atomic E-state index is 12.3. The number of nitrogens with one attached hydrogen (secondary N) is 1. The Balaban J connectivity index is 1.82. The van der Waals surface area contributed by atoms with Crippen molar-refractivity contribution in [1.29, 1.82) is 0 Å². The Bertz CT molecular complexity index is 797. The number of aromatic nitrogens is 2. The normalized spacial score (nSPS) is 13.8. The zero-order valence-corrected chi connectivity index (χ0v) is 13.9. The summed E-state index contributed by atoms with van der Waals surface area (Å²) in [5.74, 6) is -0.0773. The minimum absolute atomic E-state index is 0.153. The van der Waals surface area contributed by atoms with Gasteiger partial charge in [0.05, 0.1) is 12.3 Å². The highest BCUT2D eigenvalue weighted by Crippen LogP contribution is 2.26. The Labute approximate surface area is 143 Å². The van der Waals surface area contributed by atoms with Crippen molar-refractivity contribution in [1.82, 2.24) is 9.97 Å². The lowest BCUT2D eigenvalue weighted by Gasteiger charge is -2.20. The highest BCUT2D eigenvalue weighted by Gasteiger charge is 2.21. The van der Waals surface area contributed by atoms with E-state index in [0.29, 0.717) is 17.5 Å². The number of nitrogens with zero attached hydrogens (tertiary/aromatic N) is 5. The Morgan fingerprint density at radius 3 is 2.68 bits per heavy atom. The standard InChI is InChI=1S/C15H18N6O4/c1-19(2)13-10(9-16-15(18-13)20-7-3-4-8-20)17-14(22)11-5-6-12(25-11)21(23)24/h5-6,9H,3-4,7-8H2,1-2H3,(H,17,22). The number of hydrogen-bond donors (Lipinski definition) is 1. The molecule has 1 N–H and O–H groups in total. The van der Waals surface area contributed by atoms with Crippen LogP contribution in [0.2, 0.25) is 0 Å². The highest BCUT2D eigenvalue weighted by atomic mass is 16.6. The molecule has 2 aromatic heterocycles. The molecule has 10 nitrogen and oxygen atoms in total. The SMILES string of the molecule is CN(C)c1nc(N2CCCC2)ncc1NC(=O)c1ccc([N+](=O)[O-])o1. The molecule has 1 saturated heterocycles. The predicted molar refractivity (Wildman–Crippen MR) is 91.1 cm³/mol. The van der Waals surface area contributed by atoms with Gasteiger partial charge in [0.1, 0.15) is 10.6 Å². The predicted octanol–water partition coefficient (Wildman–Crippen LogP) is 1.90. The van der Waals surface area contributed by atoms with E-state index in [9.17, 15) is 14.9 Å². The van der Waals surface area contributed by atoms with Crippen LogP contribution in [0.3, 0.4) is 0 Å². The van der Waals surface area contributed by atoms with E-state index < -0.39 is 16.7 Å². The van der Waals surface area contributed by atoms with Crippen LogP contribution in [0.5, 0.6) is 0 Å². The topological polar surface area (TPSA) is 118 Å². The summed E-state index contributed by atoms with van der Waals surface area (Å²) in [5.41, 5.74) is 0.400. The van der Waals surface area contributed by atoms with Crippen LogP contribution >= 0.6 is 0 Å². The van der Waals surface area contributed by atoms with Gasteiger partial charge in [0.25, 0.3) is 5.91 Å². The number of hydrogen-bond acceptors (Lipinski definition) is 8. The Morgan fingerprint density at radius 1 is 1.36 bits per heavy atom. The maximum absolute atomic E-state index is 12.3. The van der Waals surface area contributed by atoms with Gasteiger partial charge in [-0.25, -0.2) is 4.98 Å². The summed E-state index contributed by atoms with van der Waals surface area (Å²) in [5, 5.41) is 13.3. The number of nitro groups is 1. The monoisotopic (exact) mass is 346 g/mol. The van der Waals surface area contributed by atoms with Gasteiger partial charge >= 0.3 is 5.88 Å². The highest BCUT2D eigenvalue weighted by molar-refractivity contribution is 6.03. The zero-order valence-electron chi connectivity index (χ0n) is 13.9. The van der Waals surface area contributed by atoms with Crippen LogP contribution in [0.1, 0.15) is 23.4 Å². The minimum atomic E-state index is -0.698. The number of rotatable bonds is 5. The first kappa shape index (κ1) is 16.7. The minimum Gasteiger partial charge on any atom is -0.395 e. The van der Waals surface area contributed by atoms with E-state index in [1.807, 2.05) is 14.1 Å². The summed E-state index contributed by atoms with van der Waals surface area (Å²) in [4.78, 5) is 34.9. The Morgan fingerprint density at radius 2 is 2.08 bits per heavy atom. The molecule has 0 spiro atoms. The van der Waals surface area contributed by atoms with E-state index >= 15 is 0 Å². The van der Waals surface area contributed by atoms with Gasteiger partial charge in [-0.1, -0.05) is 0 Å². The molecule has 1 aliphatic rings. The fourth-order valence-corrected chi connectivity index (χ4v) is 2.59. The second-order valence-corrected chi connectivity index (χ2v) is 5.84. The van der Waals surface area contributed by atoms with Gasteiger partial charge in [-0.2, -0.15) is 4.98 Å². The summed E-state index contributed by atoms with van der Waals surface area (Å²) in [6.45, 7) is 1.82. The van der Waals surface area contributed by atoms with Crippen LogP contribution in [0.15, 0.2) is 22.7 Å². The van der Waals surface area contributed by atoms with E-state index in [0.717, 1.165) is 32.0 Å². The molecule has 1 fully saturated rings. The van der Waals surface area contributed by atoms with E-state index in [1.165, 1.54) is 12.3 Å².